The van der Waals surface area contributed by atoms with E-state index in [0.29, 0.717) is 19.4 Å². The summed E-state index contributed by atoms with van der Waals surface area (Å²) in [4.78, 5) is 23.4. The highest BCUT2D eigenvalue weighted by Gasteiger charge is 2.46. The predicted octanol–water partition coefficient (Wildman–Crippen LogP) is 2.34. The molecule has 0 bridgehead atoms. The molecular weight excluding hydrogens is 270 g/mol. The van der Waals surface area contributed by atoms with Crippen LogP contribution in [0.25, 0.3) is 0 Å². The first-order valence-corrected chi connectivity index (χ1v) is 8.10. The quantitative estimate of drug-likeness (QED) is 0.641. The smallest absolute Gasteiger partial charge is 0.310 e. The van der Waals surface area contributed by atoms with Crippen LogP contribution in [0.5, 0.6) is 0 Å². The molecule has 1 amide bonds. The first-order valence-electron chi connectivity index (χ1n) is 8.10. The molecule has 2 N–H and O–H groups in total. The van der Waals surface area contributed by atoms with Gasteiger partial charge in [0.05, 0.1) is 5.41 Å². The number of hydrogen-bond acceptors (Lipinski definition) is 3. The monoisotopic (exact) mass is 297 g/mol. The number of aliphatic carboxylic acids is 1. The highest BCUT2D eigenvalue weighted by Crippen LogP contribution is 2.45. The summed E-state index contributed by atoms with van der Waals surface area (Å²) in [6, 6.07) is 0. The summed E-state index contributed by atoms with van der Waals surface area (Å²) in [5, 5.41) is 12.2. The third-order valence-electron chi connectivity index (χ3n) is 5.32. The molecular formula is C16H27NO4. The Morgan fingerprint density at radius 3 is 2.29 bits per heavy atom. The molecule has 0 heterocycles. The molecule has 0 aliphatic heterocycles. The Balaban J connectivity index is 1.76. The largest absolute Gasteiger partial charge is 0.481 e. The Morgan fingerprint density at radius 2 is 1.86 bits per heavy atom. The van der Waals surface area contributed by atoms with Crippen molar-refractivity contribution in [2.75, 3.05) is 19.8 Å². The summed E-state index contributed by atoms with van der Waals surface area (Å²) in [6.07, 6.45) is 6.75. The molecule has 0 aromatic carbocycles. The molecule has 120 valence electrons. The number of carboxylic acid groups (broad SMARTS) is 1. The molecule has 0 atom stereocenters. The van der Waals surface area contributed by atoms with Gasteiger partial charge in [-0.15, -0.1) is 0 Å². The number of amides is 1. The van der Waals surface area contributed by atoms with Gasteiger partial charge in [-0.1, -0.05) is 12.8 Å². The van der Waals surface area contributed by atoms with Crippen molar-refractivity contribution in [3.63, 3.8) is 0 Å². The Bertz CT molecular complexity index is 386. The standard InChI is InChI=1S/C16H27NO4/c1-2-21-10-9-15(5-3-6-15)12-17-13(18)11-16(14(19)20)7-4-8-16/h2-12H2,1H3,(H,17,18)(H,19,20). The van der Waals surface area contributed by atoms with Gasteiger partial charge in [-0.05, 0) is 44.4 Å². The lowest BCUT2D eigenvalue weighted by molar-refractivity contribution is -0.157. The van der Waals surface area contributed by atoms with Gasteiger partial charge in [0.1, 0.15) is 0 Å². The fourth-order valence-electron chi connectivity index (χ4n) is 3.35. The van der Waals surface area contributed by atoms with Gasteiger partial charge in [-0.25, -0.2) is 0 Å². The van der Waals surface area contributed by atoms with E-state index in [9.17, 15) is 14.7 Å². The van der Waals surface area contributed by atoms with E-state index in [4.69, 9.17) is 4.74 Å². The Labute approximate surface area is 126 Å². The van der Waals surface area contributed by atoms with Crippen molar-refractivity contribution in [2.45, 2.75) is 58.3 Å². The second-order valence-corrected chi connectivity index (χ2v) is 6.69. The molecule has 2 aliphatic rings. The maximum absolute atomic E-state index is 12.1. The van der Waals surface area contributed by atoms with Crippen LogP contribution < -0.4 is 5.32 Å². The van der Waals surface area contributed by atoms with Crippen LogP contribution >= 0.6 is 0 Å². The summed E-state index contributed by atoms with van der Waals surface area (Å²) in [5.41, 5.74) is -0.608. The number of carboxylic acids is 1. The first kappa shape index (κ1) is 16.3. The molecule has 0 aromatic heterocycles. The molecule has 0 aromatic rings. The molecule has 2 saturated carbocycles. The lowest BCUT2D eigenvalue weighted by atomic mass is 9.65. The van der Waals surface area contributed by atoms with Crippen LogP contribution in [0.1, 0.15) is 58.3 Å². The molecule has 0 radical (unpaired) electrons. The van der Waals surface area contributed by atoms with Crippen molar-refractivity contribution in [3.05, 3.63) is 0 Å². The molecule has 0 spiro atoms. The second-order valence-electron chi connectivity index (χ2n) is 6.69. The molecule has 2 aliphatic carbocycles. The average Bonchev–Trinajstić information content (AvgIpc) is 2.35. The summed E-state index contributed by atoms with van der Waals surface area (Å²) in [5.74, 6) is -0.932. The van der Waals surface area contributed by atoms with Crippen molar-refractivity contribution < 1.29 is 19.4 Å². The van der Waals surface area contributed by atoms with E-state index in [1.165, 1.54) is 6.42 Å². The Kier molecular flexibility index (Phi) is 5.25. The highest BCUT2D eigenvalue weighted by molar-refractivity contribution is 5.85. The maximum atomic E-state index is 12.1. The van der Waals surface area contributed by atoms with Crippen molar-refractivity contribution in [3.8, 4) is 0 Å². The number of carbonyl (C=O) groups is 2. The van der Waals surface area contributed by atoms with E-state index in [2.05, 4.69) is 5.32 Å². The number of hydrogen-bond donors (Lipinski definition) is 2. The molecule has 5 nitrogen and oxygen atoms in total. The Hall–Kier alpha value is -1.10. The summed E-state index contributed by atoms with van der Waals surface area (Å²) in [6.45, 7) is 4.11. The van der Waals surface area contributed by atoms with Crippen LogP contribution in [-0.4, -0.2) is 36.7 Å². The topological polar surface area (TPSA) is 75.6 Å². The van der Waals surface area contributed by atoms with Gasteiger partial charge in [0.15, 0.2) is 0 Å². The average molecular weight is 297 g/mol. The van der Waals surface area contributed by atoms with Gasteiger partial charge < -0.3 is 15.2 Å². The second kappa shape index (κ2) is 6.77. The third-order valence-corrected chi connectivity index (χ3v) is 5.32. The van der Waals surface area contributed by atoms with Crippen LogP contribution in [0.3, 0.4) is 0 Å². The number of carbonyl (C=O) groups excluding carboxylic acids is 1. The number of ether oxygens (including phenoxy) is 1. The van der Waals surface area contributed by atoms with Gasteiger partial charge in [0, 0.05) is 26.2 Å². The van der Waals surface area contributed by atoms with E-state index in [-0.39, 0.29) is 17.7 Å². The SMILES string of the molecule is CCOCCC1(CNC(=O)CC2(C(=O)O)CCC2)CCC1. The zero-order chi connectivity index (χ0) is 15.3. The minimum atomic E-state index is -0.821. The molecule has 0 unspecified atom stereocenters. The lowest BCUT2D eigenvalue weighted by Gasteiger charge is -2.42. The summed E-state index contributed by atoms with van der Waals surface area (Å²) in [7, 11) is 0. The van der Waals surface area contributed by atoms with Gasteiger partial charge >= 0.3 is 5.97 Å². The van der Waals surface area contributed by atoms with Crippen LogP contribution in [0, 0.1) is 10.8 Å². The van der Waals surface area contributed by atoms with Crippen LogP contribution in [0.2, 0.25) is 0 Å². The third kappa shape index (κ3) is 3.76. The van der Waals surface area contributed by atoms with Crippen molar-refractivity contribution in [1.29, 1.82) is 0 Å². The fraction of sp³-hybridized carbons (Fsp3) is 0.875. The van der Waals surface area contributed by atoms with E-state index < -0.39 is 11.4 Å². The summed E-state index contributed by atoms with van der Waals surface area (Å²) >= 11 is 0. The summed E-state index contributed by atoms with van der Waals surface area (Å²) < 4.78 is 5.42. The van der Waals surface area contributed by atoms with Gasteiger partial charge in [0.2, 0.25) is 5.91 Å². The van der Waals surface area contributed by atoms with Gasteiger partial charge in [-0.2, -0.15) is 0 Å². The lowest BCUT2D eigenvalue weighted by Crippen LogP contribution is -2.46. The minimum Gasteiger partial charge on any atom is -0.481 e. The molecule has 5 heteroatoms. The van der Waals surface area contributed by atoms with Crippen molar-refractivity contribution in [2.24, 2.45) is 10.8 Å². The van der Waals surface area contributed by atoms with Crippen molar-refractivity contribution >= 4 is 11.9 Å². The number of nitrogens with one attached hydrogen (secondary N) is 1. The van der Waals surface area contributed by atoms with Crippen LogP contribution in [-0.2, 0) is 14.3 Å². The van der Waals surface area contributed by atoms with E-state index in [1.807, 2.05) is 6.92 Å². The number of rotatable bonds is 9. The zero-order valence-corrected chi connectivity index (χ0v) is 13.0. The van der Waals surface area contributed by atoms with Crippen LogP contribution in [0.15, 0.2) is 0 Å². The Morgan fingerprint density at radius 1 is 1.19 bits per heavy atom. The zero-order valence-electron chi connectivity index (χ0n) is 13.0. The van der Waals surface area contributed by atoms with E-state index in [1.54, 1.807) is 0 Å². The van der Waals surface area contributed by atoms with E-state index >= 15 is 0 Å². The first-order chi connectivity index (χ1) is 10.0. The minimum absolute atomic E-state index is 0.111. The van der Waals surface area contributed by atoms with Gasteiger partial charge in [0.25, 0.3) is 0 Å². The van der Waals surface area contributed by atoms with E-state index in [0.717, 1.165) is 38.9 Å². The molecule has 2 fully saturated rings. The van der Waals surface area contributed by atoms with Crippen LogP contribution in [0.4, 0.5) is 0 Å². The molecule has 21 heavy (non-hydrogen) atoms. The van der Waals surface area contributed by atoms with Crippen molar-refractivity contribution in [1.82, 2.24) is 5.32 Å². The normalized spacial score (nSPS) is 22.0. The maximum Gasteiger partial charge on any atom is 0.310 e. The predicted molar refractivity (Wildman–Crippen MR) is 78.9 cm³/mol. The fourth-order valence-corrected chi connectivity index (χ4v) is 3.35. The molecule has 2 rings (SSSR count). The molecule has 0 saturated heterocycles. The van der Waals surface area contributed by atoms with Gasteiger partial charge in [-0.3, -0.25) is 9.59 Å². The highest BCUT2D eigenvalue weighted by atomic mass is 16.5.